The van der Waals surface area contributed by atoms with Crippen molar-refractivity contribution in [2.24, 2.45) is 0 Å². The summed E-state index contributed by atoms with van der Waals surface area (Å²) in [5, 5.41) is 9.93. The molecule has 2 nitrogen and oxygen atoms in total. The summed E-state index contributed by atoms with van der Waals surface area (Å²) >= 11 is 0. The van der Waals surface area contributed by atoms with Crippen LogP contribution in [-0.2, 0) is 6.42 Å². The Hall–Kier alpha value is -1.28. The zero-order chi connectivity index (χ0) is 12.1. The molecule has 1 aliphatic carbocycles. The molecule has 1 aromatic rings. The predicted molar refractivity (Wildman–Crippen MR) is 69.3 cm³/mol. The summed E-state index contributed by atoms with van der Waals surface area (Å²) in [6.07, 6.45) is 6.58. The molecule has 0 saturated heterocycles. The maximum Gasteiger partial charge on any atom is 0.119 e. The van der Waals surface area contributed by atoms with Crippen molar-refractivity contribution in [1.82, 2.24) is 0 Å². The van der Waals surface area contributed by atoms with Gasteiger partial charge >= 0.3 is 0 Å². The maximum absolute atomic E-state index is 9.93. The van der Waals surface area contributed by atoms with Crippen LogP contribution in [-0.4, -0.2) is 11.7 Å². The number of ether oxygens (including phenoxy) is 1. The fourth-order valence-electron chi connectivity index (χ4n) is 2.26. The van der Waals surface area contributed by atoms with E-state index in [1.807, 2.05) is 18.2 Å². The van der Waals surface area contributed by atoms with Gasteiger partial charge in [0.2, 0.25) is 0 Å². The SMILES string of the molecule is C=CCCCOc1ccc2c(c1)[C@@H](O)CCC2. The van der Waals surface area contributed by atoms with Gasteiger partial charge in [0.05, 0.1) is 12.7 Å². The number of allylic oxidation sites excluding steroid dienone is 1. The average Bonchev–Trinajstić information content (AvgIpc) is 2.36. The van der Waals surface area contributed by atoms with E-state index in [9.17, 15) is 5.11 Å². The van der Waals surface area contributed by atoms with Gasteiger partial charge in [-0.05, 0) is 55.4 Å². The Morgan fingerprint density at radius 1 is 1.47 bits per heavy atom. The zero-order valence-electron chi connectivity index (χ0n) is 10.2. The molecule has 0 saturated carbocycles. The quantitative estimate of drug-likeness (QED) is 0.622. The summed E-state index contributed by atoms with van der Waals surface area (Å²) in [7, 11) is 0. The molecule has 0 unspecified atom stereocenters. The van der Waals surface area contributed by atoms with Gasteiger partial charge in [-0.25, -0.2) is 0 Å². The highest BCUT2D eigenvalue weighted by Gasteiger charge is 2.18. The molecule has 0 fully saturated rings. The van der Waals surface area contributed by atoms with Crippen LogP contribution in [0, 0.1) is 0 Å². The molecule has 0 heterocycles. The second-order valence-corrected chi connectivity index (χ2v) is 4.55. The zero-order valence-corrected chi connectivity index (χ0v) is 10.2. The van der Waals surface area contributed by atoms with Crippen LogP contribution in [0.15, 0.2) is 30.9 Å². The summed E-state index contributed by atoms with van der Waals surface area (Å²) in [5.41, 5.74) is 2.32. The highest BCUT2D eigenvalue weighted by molar-refractivity contribution is 5.38. The predicted octanol–water partition coefficient (Wildman–Crippen LogP) is 3.40. The van der Waals surface area contributed by atoms with Gasteiger partial charge in [-0.1, -0.05) is 12.1 Å². The molecular formula is C15H20O2. The third-order valence-electron chi connectivity index (χ3n) is 3.22. The fraction of sp³-hybridized carbons (Fsp3) is 0.467. The first-order valence-corrected chi connectivity index (χ1v) is 6.36. The number of fused-ring (bicyclic) bond motifs is 1. The van der Waals surface area contributed by atoms with Crippen molar-refractivity contribution in [3.8, 4) is 5.75 Å². The molecule has 1 N–H and O–H groups in total. The highest BCUT2D eigenvalue weighted by Crippen LogP contribution is 2.32. The molecule has 92 valence electrons. The average molecular weight is 232 g/mol. The Bertz CT molecular complexity index is 385. The van der Waals surface area contributed by atoms with Crippen molar-refractivity contribution < 1.29 is 9.84 Å². The van der Waals surface area contributed by atoms with E-state index < -0.39 is 0 Å². The van der Waals surface area contributed by atoms with E-state index >= 15 is 0 Å². The fourth-order valence-corrected chi connectivity index (χ4v) is 2.26. The minimum absolute atomic E-state index is 0.310. The Balaban J connectivity index is 1.99. The van der Waals surface area contributed by atoms with E-state index in [2.05, 4.69) is 12.6 Å². The summed E-state index contributed by atoms with van der Waals surface area (Å²) in [5.74, 6) is 0.869. The van der Waals surface area contributed by atoms with E-state index in [0.717, 1.165) is 43.4 Å². The molecule has 0 bridgehead atoms. The van der Waals surface area contributed by atoms with Crippen molar-refractivity contribution in [1.29, 1.82) is 0 Å². The van der Waals surface area contributed by atoms with Crippen LogP contribution < -0.4 is 4.74 Å². The number of unbranched alkanes of at least 4 members (excludes halogenated alkanes) is 1. The van der Waals surface area contributed by atoms with Gasteiger partial charge in [-0.2, -0.15) is 0 Å². The number of aliphatic hydroxyl groups is 1. The molecule has 0 spiro atoms. The summed E-state index contributed by atoms with van der Waals surface area (Å²) < 4.78 is 5.66. The smallest absolute Gasteiger partial charge is 0.119 e. The Kier molecular flexibility index (Phi) is 4.21. The lowest BCUT2D eigenvalue weighted by Crippen LogP contribution is -2.09. The highest BCUT2D eigenvalue weighted by atomic mass is 16.5. The molecule has 0 aromatic heterocycles. The maximum atomic E-state index is 9.93. The number of benzene rings is 1. The number of hydrogen-bond acceptors (Lipinski definition) is 2. The van der Waals surface area contributed by atoms with Crippen LogP contribution in [0.4, 0.5) is 0 Å². The lowest BCUT2D eigenvalue weighted by molar-refractivity contribution is 0.156. The van der Waals surface area contributed by atoms with Gasteiger partial charge < -0.3 is 9.84 Å². The van der Waals surface area contributed by atoms with Crippen LogP contribution in [0.3, 0.4) is 0 Å². The molecular weight excluding hydrogens is 212 g/mol. The van der Waals surface area contributed by atoms with E-state index in [1.165, 1.54) is 5.56 Å². The van der Waals surface area contributed by atoms with Crippen molar-refractivity contribution in [2.45, 2.75) is 38.2 Å². The van der Waals surface area contributed by atoms with Crippen molar-refractivity contribution >= 4 is 0 Å². The lowest BCUT2D eigenvalue weighted by Gasteiger charge is -2.21. The molecule has 1 aliphatic rings. The Morgan fingerprint density at radius 3 is 3.18 bits per heavy atom. The van der Waals surface area contributed by atoms with E-state index in [-0.39, 0.29) is 6.10 Å². The molecule has 1 aromatic carbocycles. The van der Waals surface area contributed by atoms with E-state index in [0.29, 0.717) is 6.61 Å². The van der Waals surface area contributed by atoms with Crippen molar-refractivity contribution in [3.05, 3.63) is 42.0 Å². The minimum atomic E-state index is -0.310. The summed E-state index contributed by atoms with van der Waals surface area (Å²) in [4.78, 5) is 0. The first-order valence-electron chi connectivity index (χ1n) is 6.36. The van der Waals surface area contributed by atoms with Crippen LogP contribution >= 0.6 is 0 Å². The second-order valence-electron chi connectivity index (χ2n) is 4.55. The first kappa shape index (κ1) is 12.2. The molecule has 2 rings (SSSR count). The third-order valence-corrected chi connectivity index (χ3v) is 3.22. The third kappa shape index (κ3) is 3.10. The van der Waals surface area contributed by atoms with E-state index in [4.69, 9.17) is 4.74 Å². The topological polar surface area (TPSA) is 29.5 Å². The molecule has 0 amide bonds. The van der Waals surface area contributed by atoms with E-state index in [1.54, 1.807) is 0 Å². The van der Waals surface area contributed by atoms with Gasteiger partial charge in [-0.3, -0.25) is 0 Å². The van der Waals surface area contributed by atoms with Gasteiger partial charge in [0.25, 0.3) is 0 Å². The molecule has 17 heavy (non-hydrogen) atoms. The first-order chi connectivity index (χ1) is 8.31. The van der Waals surface area contributed by atoms with Gasteiger partial charge in [0.1, 0.15) is 5.75 Å². The van der Waals surface area contributed by atoms with Crippen LogP contribution in [0.5, 0.6) is 5.75 Å². The second kappa shape index (κ2) is 5.87. The lowest BCUT2D eigenvalue weighted by atomic mass is 9.89. The van der Waals surface area contributed by atoms with Gasteiger partial charge in [0.15, 0.2) is 0 Å². The van der Waals surface area contributed by atoms with Gasteiger partial charge in [0, 0.05) is 0 Å². The molecule has 2 heteroatoms. The van der Waals surface area contributed by atoms with Crippen molar-refractivity contribution in [3.63, 3.8) is 0 Å². The number of aryl methyl sites for hydroxylation is 1. The van der Waals surface area contributed by atoms with Crippen LogP contribution in [0.25, 0.3) is 0 Å². The Labute approximate surface area is 103 Å². The Morgan fingerprint density at radius 2 is 2.35 bits per heavy atom. The monoisotopic (exact) mass is 232 g/mol. The number of hydrogen-bond donors (Lipinski definition) is 1. The number of aliphatic hydroxyl groups excluding tert-OH is 1. The van der Waals surface area contributed by atoms with Crippen LogP contribution in [0.1, 0.15) is 42.9 Å². The van der Waals surface area contributed by atoms with Crippen molar-refractivity contribution in [2.75, 3.05) is 6.61 Å². The largest absolute Gasteiger partial charge is 0.494 e. The molecule has 1 atom stereocenters. The normalized spacial score (nSPS) is 18.5. The van der Waals surface area contributed by atoms with Crippen LogP contribution in [0.2, 0.25) is 0 Å². The minimum Gasteiger partial charge on any atom is -0.494 e. The molecule has 0 radical (unpaired) electrons. The summed E-state index contributed by atoms with van der Waals surface area (Å²) in [6, 6.07) is 6.08. The molecule has 0 aliphatic heterocycles. The van der Waals surface area contributed by atoms with Gasteiger partial charge in [-0.15, -0.1) is 6.58 Å². The number of rotatable bonds is 5. The standard InChI is InChI=1S/C15H20O2/c1-2-3-4-10-17-13-9-8-12-6-5-7-15(16)14(12)11-13/h2,8-9,11,15-16H,1,3-7,10H2/t15-/m0/s1. The summed E-state index contributed by atoms with van der Waals surface area (Å²) in [6.45, 7) is 4.39.